The molecule has 1 amide bonds. The van der Waals surface area contributed by atoms with Gasteiger partial charge in [-0.3, -0.25) is 5.32 Å². The van der Waals surface area contributed by atoms with Gasteiger partial charge in [-0.15, -0.1) is 5.10 Å². The topological polar surface area (TPSA) is 79.9 Å². The van der Waals surface area contributed by atoms with E-state index in [1.807, 2.05) is 30.3 Å². The lowest BCUT2D eigenvalue weighted by Gasteiger charge is -2.06. The molecule has 25 heavy (non-hydrogen) atoms. The largest absolute Gasteiger partial charge is 0.444 e. The zero-order valence-electron chi connectivity index (χ0n) is 13.0. The summed E-state index contributed by atoms with van der Waals surface area (Å²) in [7, 11) is 0. The van der Waals surface area contributed by atoms with Crippen molar-refractivity contribution in [2.75, 3.05) is 5.32 Å². The van der Waals surface area contributed by atoms with Crippen LogP contribution in [0.5, 0.6) is 0 Å². The molecule has 1 N–H and O–H groups in total. The Labute approximate surface area is 149 Å². The molecule has 0 radical (unpaired) electrons. The van der Waals surface area contributed by atoms with Gasteiger partial charge in [-0.25, -0.2) is 9.48 Å². The lowest BCUT2D eigenvalue weighted by atomic mass is 10.2. The number of rotatable bonds is 4. The molecular formula is C18H13ClN4O2. The summed E-state index contributed by atoms with van der Waals surface area (Å²) in [4.78, 5) is 11.8. The highest BCUT2D eigenvalue weighted by Gasteiger charge is 2.10. The molecule has 2 aromatic carbocycles. The van der Waals surface area contributed by atoms with E-state index in [1.165, 1.54) is 4.68 Å². The third-order valence-electron chi connectivity index (χ3n) is 3.36. The fraction of sp³-hybridized carbons (Fsp3) is 0.0556. The maximum atomic E-state index is 11.8. The summed E-state index contributed by atoms with van der Waals surface area (Å²) in [6, 6.07) is 18.0. The van der Waals surface area contributed by atoms with Gasteiger partial charge in [0, 0.05) is 17.3 Å². The van der Waals surface area contributed by atoms with Crippen LogP contribution in [0.4, 0.5) is 10.6 Å². The van der Waals surface area contributed by atoms with E-state index in [9.17, 15) is 10.1 Å². The monoisotopic (exact) mass is 352 g/mol. The molecular weight excluding hydrogens is 340 g/mol. The molecule has 124 valence electrons. The van der Waals surface area contributed by atoms with Crippen LogP contribution in [0.3, 0.4) is 0 Å². The summed E-state index contributed by atoms with van der Waals surface area (Å²) < 4.78 is 6.63. The van der Waals surface area contributed by atoms with Crippen LogP contribution < -0.4 is 5.32 Å². The van der Waals surface area contributed by atoms with Crippen LogP contribution in [0.2, 0.25) is 5.02 Å². The predicted molar refractivity (Wildman–Crippen MR) is 93.5 cm³/mol. The molecule has 0 bridgehead atoms. The van der Waals surface area contributed by atoms with E-state index in [4.69, 9.17) is 16.3 Å². The molecule has 6 nitrogen and oxygen atoms in total. The van der Waals surface area contributed by atoms with Gasteiger partial charge in [-0.2, -0.15) is 5.26 Å². The summed E-state index contributed by atoms with van der Waals surface area (Å²) in [5.41, 5.74) is 1.84. The van der Waals surface area contributed by atoms with Crippen molar-refractivity contribution in [3.05, 3.63) is 76.9 Å². The Morgan fingerprint density at radius 2 is 2.04 bits per heavy atom. The normalized spacial score (nSPS) is 10.1. The lowest BCUT2D eigenvalue weighted by Crippen LogP contribution is -2.14. The maximum absolute atomic E-state index is 11.8. The summed E-state index contributed by atoms with van der Waals surface area (Å²) in [6.07, 6.45) is 1.03. The number of aromatic nitrogens is 2. The summed E-state index contributed by atoms with van der Waals surface area (Å²) in [6.45, 7) is 0.170. The molecule has 0 spiro atoms. The number of benzene rings is 2. The number of hydrogen-bond acceptors (Lipinski definition) is 4. The Kier molecular flexibility index (Phi) is 4.97. The number of ether oxygens (including phenoxy) is 1. The van der Waals surface area contributed by atoms with Gasteiger partial charge in [0.15, 0.2) is 5.82 Å². The van der Waals surface area contributed by atoms with Gasteiger partial charge in [-0.1, -0.05) is 41.9 Å². The third kappa shape index (κ3) is 4.16. The predicted octanol–water partition coefficient (Wildman–Crippen LogP) is 4.15. The number of nitrogens with zero attached hydrogens (tertiary/aromatic N) is 3. The van der Waals surface area contributed by atoms with Gasteiger partial charge < -0.3 is 4.74 Å². The van der Waals surface area contributed by atoms with Crippen molar-refractivity contribution in [3.63, 3.8) is 0 Å². The molecule has 0 aliphatic heterocycles. The summed E-state index contributed by atoms with van der Waals surface area (Å²) >= 11 is 5.89. The number of anilines is 1. The molecule has 0 saturated heterocycles. The van der Waals surface area contributed by atoms with Gasteiger partial charge in [-0.05, 0) is 23.8 Å². The highest BCUT2D eigenvalue weighted by molar-refractivity contribution is 6.30. The van der Waals surface area contributed by atoms with E-state index in [-0.39, 0.29) is 6.61 Å². The van der Waals surface area contributed by atoms with E-state index < -0.39 is 6.09 Å². The minimum Gasteiger partial charge on any atom is -0.444 e. The van der Waals surface area contributed by atoms with Crippen molar-refractivity contribution in [1.29, 1.82) is 5.26 Å². The quantitative estimate of drug-likeness (QED) is 0.765. The first-order valence-corrected chi connectivity index (χ1v) is 7.77. The molecule has 0 unspecified atom stereocenters. The average molecular weight is 353 g/mol. The molecule has 0 atom stereocenters. The third-order valence-corrected chi connectivity index (χ3v) is 3.59. The maximum Gasteiger partial charge on any atom is 0.413 e. The molecule has 0 saturated carbocycles. The Morgan fingerprint density at radius 3 is 2.80 bits per heavy atom. The Balaban J connectivity index is 1.66. The number of carbonyl (C=O) groups excluding carboxylic acids is 1. The molecule has 0 fully saturated rings. The molecule has 7 heteroatoms. The standard InChI is InChI=1S/C18H13ClN4O2/c19-15-6-7-16(14(10-15)11-20)23-9-8-17(22-23)21-18(24)25-12-13-4-2-1-3-5-13/h1-10H,12H2,(H,21,22,24). The van der Waals surface area contributed by atoms with Gasteiger partial charge in [0.25, 0.3) is 0 Å². The van der Waals surface area contributed by atoms with Gasteiger partial charge in [0.05, 0.1) is 11.3 Å². The highest BCUT2D eigenvalue weighted by Crippen LogP contribution is 2.19. The fourth-order valence-electron chi connectivity index (χ4n) is 2.19. The van der Waals surface area contributed by atoms with Crippen LogP contribution >= 0.6 is 11.6 Å². The van der Waals surface area contributed by atoms with Gasteiger partial charge >= 0.3 is 6.09 Å². The Hall–Kier alpha value is -3.30. The van der Waals surface area contributed by atoms with Crippen LogP contribution in [0, 0.1) is 11.3 Å². The molecule has 1 aromatic heterocycles. The SMILES string of the molecule is N#Cc1cc(Cl)ccc1-n1ccc(NC(=O)OCc2ccccc2)n1. The smallest absolute Gasteiger partial charge is 0.413 e. The van der Waals surface area contributed by atoms with Crippen molar-refractivity contribution in [2.45, 2.75) is 6.61 Å². The first-order chi connectivity index (χ1) is 12.2. The number of amides is 1. The van der Waals surface area contributed by atoms with Crippen molar-refractivity contribution < 1.29 is 9.53 Å². The van der Waals surface area contributed by atoms with Crippen LogP contribution in [0.25, 0.3) is 5.69 Å². The van der Waals surface area contributed by atoms with E-state index in [1.54, 1.807) is 30.5 Å². The van der Waals surface area contributed by atoms with Crippen molar-refractivity contribution >= 4 is 23.5 Å². The van der Waals surface area contributed by atoms with Crippen LogP contribution in [0.1, 0.15) is 11.1 Å². The number of halogens is 1. The number of hydrogen-bond donors (Lipinski definition) is 1. The van der Waals surface area contributed by atoms with Crippen LogP contribution in [-0.4, -0.2) is 15.9 Å². The highest BCUT2D eigenvalue weighted by atomic mass is 35.5. The molecule has 0 aliphatic rings. The minimum atomic E-state index is -0.606. The fourth-order valence-corrected chi connectivity index (χ4v) is 2.36. The van der Waals surface area contributed by atoms with E-state index in [2.05, 4.69) is 16.5 Å². The number of nitrogens with one attached hydrogen (secondary N) is 1. The van der Waals surface area contributed by atoms with E-state index >= 15 is 0 Å². The van der Waals surface area contributed by atoms with Crippen molar-refractivity contribution in [2.24, 2.45) is 0 Å². The average Bonchev–Trinajstić information content (AvgIpc) is 3.09. The summed E-state index contributed by atoms with van der Waals surface area (Å²) in [5, 5.41) is 16.4. The van der Waals surface area contributed by atoms with Crippen molar-refractivity contribution in [3.8, 4) is 11.8 Å². The molecule has 0 aliphatic carbocycles. The van der Waals surface area contributed by atoms with E-state index in [0.717, 1.165) is 5.56 Å². The zero-order chi connectivity index (χ0) is 17.6. The molecule has 3 aromatic rings. The number of carbonyl (C=O) groups is 1. The minimum absolute atomic E-state index is 0.170. The second-order valence-electron chi connectivity index (χ2n) is 5.11. The lowest BCUT2D eigenvalue weighted by molar-refractivity contribution is 0.155. The first kappa shape index (κ1) is 16.6. The second kappa shape index (κ2) is 7.51. The van der Waals surface area contributed by atoms with Crippen LogP contribution in [-0.2, 0) is 11.3 Å². The van der Waals surface area contributed by atoms with Gasteiger partial charge in [0.2, 0.25) is 0 Å². The molecule has 1 heterocycles. The first-order valence-electron chi connectivity index (χ1n) is 7.39. The summed E-state index contributed by atoms with van der Waals surface area (Å²) in [5.74, 6) is 0.317. The Morgan fingerprint density at radius 1 is 1.24 bits per heavy atom. The van der Waals surface area contributed by atoms with Gasteiger partial charge in [0.1, 0.15) is 12.7 Å². The number of nitriles is 1. The zero-order valence-corrected chi connectivity index (χ0v) is 13.8. The Bertz CT molecular complexity index is 932. The van der Waals surface area contributed by atoms with E-state index in [0.29, 0.717) is 22.1 Å². The second-order valence-corrected chi connectivity index (χ2v) is 5.54. The van der Waals surface area contributed by atoms with Crippen molar-refractivity contribution in [1.82, 2.24) is 9.78 Å². The molecule has 3 rings (SSSR count). The van der Waals surface area contributed by atoms with Crippen LogP contribution in [0.15, 0.2) is 60.8 Å².